The lowest BCUT2D eigenvalue weighted by molar-refractivity contribution is -0.154. The van der Waals surface area contributed by atoms with Crippen molar-refractivity contribution in [1.82, 2.24) is 0 Å². The Kier molecular flexibility index (Phi) is 5.31. The Bertz CT molecular complexity index is 679. The first-order valence-corrected chi connectivity index (χ1v) is 7.25. The second-order valence-electron chi connectivity index (χ2n) is 5.48. The van der Waals surface area contributed by atoms with Crippen molar-refractivity contribution in [2.24, 2.45) is 0 Å². The maximum Gasteiger partial charge on any atom is 0.491 e. The molecular formula is C13H13BClF3O7. The van der Waals surface area contributed by atoms with E-state index in [1.54, 1.807) is 0 Å². The van der Waals surface area contributed by atoms with Crippen LogP contribution in [0.3, 0.4) is 0 Å². The summed E-state index contributed by atoms with van der Waals surface area (Å²) in [5.74, 6) is -3.53. The Hall–Kier alpha value is -1.85. The highest BCUT2D eigenvalue weighted by atomic mass is 35.5. The van der Waals surface area contributed by atoms with Gasteiger partial charge in [0.15, 0.2) is 18.1 Å². The molecule has 0 aliphatic carbocycles. The second kappa shape index (κ2) is 6.81. The van der Waals surface area contributed by atoms with Gasteiger partial charge in [-0.15, -0.1) is 0 Å². The van der Waals surface area contributed by atoms with Crippen LogP contribution in [0.25, 0.3) is 0 Å². The molecule has 12 heteroatoms. The minimum atomic E-state index is -4.64. The molecule has 7 nitrogen and oxygen atoms in total. The van der Waals surface area contributed by atoms with Gasteiger partial charge in [0.25, 0.3) is 0 Å². The second-order valence-corrected chi connectivity index (χ2v) is 5.88. The maximum absolute atomic E-state index is 12.4. The fourth-order valence-corrected chi connectivity index (χ4v) is 2.22. The first kappa shape index (κ1) is 19.5. The number of hydrogen-bond acceptors (Lipinski definition) is 7. The molecule has 1 heterocycles. The molecule has 1 aromatic rings. The predicted molar refractivity (Wildman–Crippen MR) is 78.8 cm³/mol. The van der Waals surface area contributed by atoms with E-state index < -0.39 is 49.5 Å². The molecule has 0 radical (unpaired) electrons. The summed E-state index contributed by atoms with van der Waals surface area (Å²) in [4.78, 5) is 12.2. The number of cyclic esters (lactones) is 1. The van der Waals surface area contributed by atoms with Crippen LogP contribution in [0, 0.1) is 0 Å². The zero-order chi connectivity index (χ0) is 19.0. The molecule has 2 rings (SSSR count). The number of halogens is 4. The third-order valence-corrected chi connectivity index (χ3v) is 3.09. The normalized spacial score (nSPS) is 15.8. The molecule has 0 aromatic heterocycles. The van der Waals surface area contributed by atoms with Crippen molar-refractivity contribution in [3.63, 3.8) is 0 Å². The summed E-state index contributed by atoms with van der Waals surface area (Å²) in [6.07, 6.45) is -4.64. The van der Waals surface area contributed by atoms with E-state index in [1.807, 2.05) is 0 Å². The van der Waals surface area contributed by atoms with E-state index >= 15 is 0 Å². The Morgan fingerprint density at radius 1 is 1.28 bits per heavy atom. The van der Waals surface area contributed by atoms with Crippen LogP contribution in [-0.2, 0) is 4.74 Å². The summed E-state index contributed by atoms with van der Waals surface area (Å²) < 4.78 is 57.3. The zero-order valence-electron chi connectivity index (χ0n) is 13.0. The molecule has 0 unspecified atom stereocenters. The van der Waals surface area contributed by atoms with Crippen LogP contribution < -0.4 is 14.2 Å². The number of alkyl halides is 3. The number of benzene rings is 1. The third kappa shape index (κ3) is 4.83. The van der Waals surface area contributed by atoms with Crippen molar-refractivity contribution in [3.05, 3.63) is 16.7 Å². The predicted octanol–water partition coefficient (Wildman–Crippen LogP) is 1.96. The zero-order valence-corrected chi connectivity index (χ0v) is 13.8. The Balaban J connectivity index is 2.51. The van der Waals surface area contributed by atoms with Gasteiger partial charge < -0.3 is 29.0 Å². The lowest BCUT2D eigenvalue weighted by Gasteiger charge is -2.33. The Morgan fingerprint density at radius 3 is 2.48 bits per heavy atom. The molecule has 1 aromatic carbocycles. The van der Waals surface area contributed by atoms with E-state index in [1.165, 1.54) is 13.8 Å². The fourth-order valence-electron chi connectivity index (χ4n) is 1.98. The Morgan fingerprint density at radius 2 is 1.92 bits per heavy atom. The van der Waals surface area contributed by atoms with Crippen molar-refractivity contribution in [3.8, 4) is 17.2 Å². The molecule has 25 heavy (non-hydrogen) atoms. The van der Waals surface area contributed by atoms with E-state index in [0.717, 1.165) is 6.07 Å². The molecule has 0 amide bonds. The first-order valence-electron chi connectivity index (χ1n) is 6.87. The van der Waals surface area contributed by atoms with Crippen LogP contribution in [0.1, 0.15) is 24.2 Å². The van der Waals surface area contributed by atoms with E-state index in [4.69, 9.17) is 35.9 Å². The van der Waals surface area contributed by atoms with Crippen LogP contribution in [0.15, 0.2) is 6.07 Å². The Labute approximate surface area is 145 Å². The van der Waals surface area contributed by atoms with Gasteiger partial charge >= 0.3 is 19.3 Å². The smallest absolute Gasteiger partial charge is 0.490 e. The summed E-state index contributed by atoms with van der Waals surface area (Å²) >= 11 is 5.96. The molecule has 138 valence electrons. The van der Waals surface area contributed by atoms with Gasteiger partial charge in [-0.3, -0.25) is 0 Å². The summed E-state index contributed by atoms with van der Waals surface area (Å²) in [5, 5.41) is 17.5. The van der Waals surface area contributed by atoms with Gasteiger partial charge in [0.05, 0.1) is 5.02 Å². The average Bonchev–Trinajstić information content (AvgIpc) is 2.41. The molecule has 0 bridgehead atoms. The monoisotopic (exact) mass is 384 g/mol. The van der Waals surface area contributed by atoms with Crippen LogP contribution in [-0.4, -0.2) is 48.2 Å². The quantitative estimate of drug-likeness (QED) is 0.592. The summed E-state index contributed by atoms with van der Waals surface area (Å²) in [7, 11) is -1.85. The van der Waals surface area contributed by atoms with Crippen molar-refractivity contribution in [2.45, 2.75) is 25.8 Å². The lowest BCUT2D eigenvalue weighted by Crippen LogP contribution is -2.39. The molecule has 0 spiro atoms. The number of esters is 1. The fraction of sp³-hybridized carbons (Fsp3) is 0.462. The molecule has 0 saturated carbocycles. The standard InChI is InChI=1S/C13H13BClF3O7/c1-12(2)24-10-8(11(19)25-12)7(22-4-13(16,17)18)3-6(15)9(10)23-5-14(20)21/h3,20-21H,4-5H2,1-2H3. The lowest BCUT2D eigenvalue weighted by atomic mass is 9.95. The van der Waals surface area contributed by atoms with E-state index in [-0.39, 0.29) is 16.5 Å². The number of carbonyl (C=O) groups is 1. The van der Waals surface area contributed by atoms with Gasteiger partial charge in [-0.05, 0) is 0 Å². The minimum Gasteiger partial charge on any atom is -0.490 e. The van der Waals surface area contributed by atoms with Crippen LogP contribution in [0.5, 0.6) is 17.2 Å². The van der Waals surface area contributed by atoms with Gasteiger partial charge in [-0.25, -0.2) is 4.79 Å². The molecule has 0 fully saturated rings. The maximum atomic E-state index is 12.4. The number of carbonyl (C=O) groups excluding carboxylic acids is 1. The van der Waals surface area contributed by atoms with Crippen molar-refractivity contribution in [1.29, 1.82) is 0 Å². The number of fused-ring (bicyclic) bond motifs is 1. The van der Waals surface area contributed by atoms with Crippen LogP contribution in [0.2, 0.25) is 5.02 Å². The first-order chi connectivity index (χ1) is 11.4. The van der Waals surface area contributed by atoms with Crippen molar-refractivity contribution >= 4 is 24.7 Å². The number of ether oxygens (including phenoxy) is 4. The SMILES string of the molecule is CC1(C)OC(=O)c2c(OCC(F)(F)F)cc(Cl)c(OCB(O)O)c2O1. The van der Waals surface area contributed by atoms with Crippen molar-refractivity contribution in [2.75, 3.05) is 13.1 Å². The minimum absolute atomic E-state index is 0.248. The highest BCUT2D eigenvalue weighted by Crippen LogP contribution is 2.48. The molecule has 1 aliphatic rings. The highest BCUT2D eigenvalue weighted by molar-refractivity contribution is 6.41. The molecule has 1 aliphatic heterocycles. The third-order valence-electron chi connectivity index (χ3n) is 2.81. The molecule has 0 atom stereocenters. The van der Waals surface area contributed by atoms with Gasteiger partial charge in [-0.2, -0.15) is 13.2 Å². The highest BCUT2D eigenvalue weighted by Gasteiger charge is 2.40. The molecule has 2 N–H and O–H groups in total. The number of rotatable bonds is 5. The number of hydrogen-bond donors (Lipinski definition) is 2. The molecule has 0 saturated heterocycles. The average molecular weight is 384 g/mol. The van der Waals surface area contributed by atoms with E-state index in [9.17, 15) is 18.0 Å². The largest absolute Gasteiger partial charge is 0.491 e. The van der Waals surface area contributed by atoms with E-state index in [0.29, 0.717) is 0 Å². The van der Waals surface area contributed by atoms with Crippen LogP contribution in [0.4, 0.5) is 13.2 Å². The van der Waals surface area contributed by atoms with Crippen molar-refractivity contribution < 1.29 is 47.0 Å². The van der Waals surface area contributed by atoms with E-state index in [2.05, 4.69) is 4.74 Å². The van der Waals surface area contributed by atoms with Gasteiger partial charge in [-0.1, -0.05) is 11.6 Å². The van der Waals surface area contributed by atoms with Gasteiger partial charge in [0, 0.05) is 19.9 Å². The van der Waals surface area contributed by atoms with Gasteiger partial charge in [0.2, 0.25) is 5.79 Å². The molecular weight excluding hydrogens is 371 g/mol. The van der Waals surface area contributed by atoms with Gasteiger partial charge in [0.1, 0.15) is 17.8 Å². The summed E-state index contributed by atoms with van der Waals surface area (Å²) in [5.41, 5.74) is -0.449. The van der Waals surface area contributed by atoms with Crippen LogP contribution >= 0.6 is 11.6 Å². The summed E-state index contributed by atoms with van der Waals surface area (Å²) in [6.45, 7) is 0.487. The topological polar surface area (TPSA) is 94.5 Å². The summed E-state index contributed by atoms with van der Waals surface area (Å²) in [6, 6.07) is 0.925.